The van der Waals surface area contributed by atoms with Gasteiger partial charge in [-0.05, 0) is 121 Å². The number of fused-ring (bicyclic) bond motifs is 2. The zero-order valence-corrected chi connectivity index (χ0v) is 46.9. The molecule has 8 aromatic rings. The van der Waals surface area contributed by atoms with Gasteiger partial charge in [0.25, 0.3) is 26.1 Å². The average molecular weight is 1150 g/mol. The largest absolute Gasteiger partial charge is 2.00 e. The van der Waals surface area contributed by atoms with Crippen LogP contribution in [-0.2, 0) is 33.1 Å². The molecule has 0 heterocycles. The number of phenols is 1. The molecule has 0 aliphatic rings. The molecular weight excluding hydrogens is 1100 g/mol. The summed E-state index contributed by atoms with van der Waals surface area (Å²) in [6.45, 7) is 8.01. The number of nitrogens with one attached hydrogen (secondary N) is 1. The van der Waals surface area contributed by atoms with Crippen molar-refractivity contribution in [2.45, 2.75) is 50.3 Å². The molecule has 0 bridgehead atoms. The third-order valence-electron chi connectivity index (χ3n) is 11.4. The van der Waals surface area contributed by atoms with Gasteiger partial charge in [0.1, 0.15) is 44.0 Å². The van der Waals surface area contributed by atoms with Gasteiger partial charge in [0.05, 0.1) is 30.2 Å². The van der Waals surface area contributed by atoms with E-state index in [0.29, 0.717) is 75.9 Å². The number of rotatable bonds is 16. The predicted molar refractivity (Wildman–Crippen MR) is 294 cm³/mol. The molecule has 23 heteroatoms. The van der Waals surface area contributed by atoms with E-state index in [2.05, 4.69) is 30.8 Å². The molecule has 0 fully saturated rings. The van der Waals surface area contributed by atoms with Gasteiger partial charge in [-0.2, -0.15) is 21.9 Å². The van der Waals surface area contributed by atoms with E-state index in [1.807, 2.05) is 13.8 Å². The number of anilines is 1. The van der Waals surface area contributed by atoms with E-state index in [1.165, 1.54) is 24.3 Å². The summed E-state index contributed by atoms with van der Waals surface area (Å²) in [7, 11) is -9.38. The molecule has 77 heavy (non-hydrogen) atoms. The maximum Gasteiger partial charge on any atom is 2.00 e. The molecule has 0 unspecified atom stereocenters. The number of ether oxygens (including phenoxy) is 2. The van der Waals surface area contributed by atoms with Crippen LogP contribution in [0.25, 0.3) is 21.5 Å². The van der Waals surface area contributed by atoms with E-state index in [1.54, 1.807) is 111 Å². The second kappa shape index (κ2) is 26.1. The molecule has 0 atom stereocenters. The molecule has 0 radical (unpaired) electrons. The fourth-order valence-electron chi connectivity index (χ4n) is 7.69. The second-order valence-electron chi connectivity index (χ2n) is 16.2. The van der Waals surface area contributed by atoms with E-state index in [9.17, 15) is 46.1 Å². The van der Waals surface area contributed by atoms with E-state index < -0.39 is 53.3 Å². The molecule has 0 aliphatic heterocycles. The number of carbonyl (C=O) groups is 1. The van der Waals surface area contributed by atoms with Gasteiger partial charge >= 0.3 is 37.7 Å². The summed E-state index contributed by atoms with van der Waals surface area (Å²) in [6, 6.07) is 35.1. The molecule has 0 aromatic heterocycles. The van der Waals surface area contributed by atoms with Crippen molar-refractivity contribution in [1.82, 2.24) is 0 Å². The summed E-state index contributed by atoms with van der Waals surface area (Å²) in [5.41, 5.74) is 0.895. The number of amides is 1. The van der Waals surface area contributed by atoms with Gasteiger partial charge in [0.2, 0.25) is 0 Å². The maximum atomic E-state index is 13.5. The van der Waals surface area contributed by atoms with Crippen molar-refractivity contribution >= 4 is 149 Å². The predicted octanol–water partition coefficient (Wildman–Crippen LogP) is 12.3. The number of aromatic hydroxyl groups is 1. The fraction of sp³-hybridized carbons (Fsp3) is 0.148. The van der Waals surface area contributed by atoms with Crippen molar-refractivity contribution < 1.29 is 55.5 Å². The molecule has 0 saturated carbocycles. The molecule has 1 amide bonds. The second-order valence-corrected chi connectivity index (χ2v) is 19.8. The van der Waals surface area contributed by atoms with E-state index in [4.69, 9.17) is 32.7 Å². The Balaban J connectivity index is 0.000000246. The van der Waals surface area contributed by atoms with Gasteiger partial charge in [-0.1, -0.05) is 116 Å². The van der Waals surface area contributed by atoms with Crippen LogP contribution >= 0.6 is 23.2 Å². The molecule has 392 valence electrons. The Bertz CT molecular complexity index is 3860. The Kier molecular flexibility index (Phi) is 20.2. The topological polar surface area (TPSA) is 284 Å². The zero-order chi connectivity index (χ0) is 54.9. The van der Waals surface area contributed by atoms with Crippen LogP contribution in [0, 0.1) is 0 Å². The third kappa shape index (κ3) is 14.1. The first-order valence-corrected chi connectivity index (χ1v) is 26.8. The van der Waals surface area contributed by atoms with Crippen LogP contribution < -0.4 is 25.0 Å². The van der Waals surface area contributed by atoms with E-state index in [-0.39, 0.29) is 87.3 Å². The van der Waals surface area contributed by atoms with Crippen molar-refractivity contribution in [2.75, 3.05) is 18.5 Å². The number of aryl methyl sites for hydroxylation is 2. The summed E-state index contributed by atoms with van der Waals surface area (Å²) >= 11 is 12.3. The Morgan fingerprint density at radius 3 is 1.58 bits per heavy atom. The minimum atomic E-state index is -4.70. The summed E-state index contributed by atoms with van der Waals surface area (Å²) in [5, 5.41) is 59.0. The first-order valence-electron chi connectivity index (χ1n) is 23.2. The van der Waals surface area contributed by atoms with Crippen LogP contribution in [0.4, 0.5) is 34.1 Å². The van der Waals surface area contributed by atoms with Gasteiger partial charge in [-0.25, -0.2) is 0 Å². The Morgan fingerprint density at radius 1 is 0.597 bits per heavy atom. The minimum absolute atomic E-state index is 0. The van der Waals surface area contributed by atoms with Crippen LogP contribution in [0.15, 0.2) is 169 Å². The quantitative estimate of drug-likeness (QED) is 0.0231. The SMILES string of the molecule is CCOc1ccccc1N=C([O-])c1cc2ccccc2c(N=Nc2cc(CC)c(Cl)cc2S(=O)(=O)O)c1[O-].CCOc1ccccc1NC(=O)c1cc2ccccc2c(N=Nc2cc(CC)c(Cl)cc2S(=O)(=O)O)c1O.[Ca+2]. The van der Waals surface area contributed by atoms with Crippen molar-refractivity contribution in [3.05, 3.63) is 166 Å². The van der Waals surface area contributed by atoms with Gasteiger partial charge in [-0.15, -0.1) is 15.3 Å². The Morgan fingerprint density at radius 2 is 1.05 bits per heavy atom. The number of phenolic OH excluding ortho intramolecular Hbond substituents is 1. The van der Waals surface area contributed by atoms with Gasteiger partial charge in [-0.3, -0.25) is 18.9 Å². The maximum absolute atomic E-state index is 13.5. The number of hydrogen-bond donors (Lipinski definition) is 4. The first-order chi connectivity index (χ1) is 36.3. The summed E-state index contributed by atoms with van der Waals surface area (Å²) < 4.78 is 78.3. The smallest absolute Gasteiger partial charge is 0.871 e. The van der Waals surface area contributed by atoms with Crippen LogP contribution in [0.2, 0.25) is 10.0 Å². The van der Waals surface area contributed by atoms with Crippen molar-refractivity contribution in [3.8, 4) is 23.0 Å². The normalized spacial score (nSPS) is 11.9. The number of azo groups is 2. The van der Waals surface area contributed by atoms with Crippen molar-refractivity contribution in [2.24, 2.45) is 25.4 Å². The standard InChI is InChI=1S/2C27H24ClN3O6S.Ca/c2*1-3-16-14-22(24(15-20(16)28)38(34,35)36)30-31-25-18-10-6-5-9-17(18)13-19(26(25)32)27(33)29-21-11-7-8-12-23(21)37-4-2;/h2*5-15,32H,3-4H2,1-2H3,(H,29,33)(H,34,35,36);/q;;+2/p-2. The third-order valence-corrected chi connectivity index (χ3v) is 13.8. The fourth-order valence-corrected chi connectivity index (χ4v) is 9.68. The van der Waals surface area contributed by atoms with Gasteiger partial charge in [0.15, 0.2) is 5.75 Å². The monoisotopic (exact) mass is 1140 g/mol. The van der Waals surface area contributed by atoms with Crippen molar-refractivity contribution in [1.29, 1.82) is 0 Å². The number of hydrogen-bond acceptors (Lipinski definition) is 15. The first kappa shape index (κ1) is 59.5. The van der Waals surface area contributed by atoms with Crippen LogP contribution in [0.1, 0.15) is 54.7 Å². The van der Waals surface area contributed by atoms with E-state index >= 15 is 0 Å². The average Bonchev–Trinajstić information content (AvgIpc) is 3.39. The van der Waals surface area contributed by atoms with Gasteiger partial charge < -0.3 is 30.1 Å². The summed E-state index contributed by atoms with van der Waals surface area (Å²) in [4.78, 5) is 16.2. The molecular formula is C54H46CaCl2N6O12S2. The van der Waals surface area contributed by atoms with Crippen LogP contribution in [0.3, 0.4) is 0 Å². The number of aliphatic imine (C=N–C) groups is 1. The number of nitrogens with zero attached hydrogens (tertiary/aromatic N) is 5. The summed E-state index contributed by atoms with van der Waals surface area (Å²) in [5.74, 6) is -1.76. The molecule has 8 rings (SSSR count). The number of halogens is 2. The molecule has 4 N–H and O–H groups in total. The van der Waals surface area contributed by atoms with E-state index in [0.717, 1.165) is 12.1 Å². The zero-order valence-electron chi connectivity index (χ0n) is 41.6. The Labute approximate surface area is 483 Å². The number of benzene rings is 8. The number of para-hydroxylation sites is 4. The molecule has 0 aliphatic carbocycles. The van der Waals surface area contributed by atoms with Crippen molar-refractivity contribution in [3.63, 3.8) is 0 Å². The minimum Gasteiger partial charge on any atom is -0.871 e. The number of carbonyl (C=O) groups excluding carboxylic acids is 1. The molecule has 0 spiro atoms. The summed E-state index contributed by atoms with van der Waals surface area (Å²) in [6.07, 6.45) is 0.928. The Hall–Kier alpha value is -6.72. The molecule has 18 nitrogen and oxygen atoms in total. The molecule has 0 saturated heterocycles. The van der Waals surface area contributed by atoms with Crippen LogP contribution in [0.5, 0.6) is 23.0 Å². The van der Waals surface area contributed by atoms with Crippen LogP contribution in [-0.4, -0.2) is 93.8 Å². The molecule has 8 aromatic carbocycles. The van der Waals surface area contributed by atoms with Gasteiger partial charge in [0, 0.05) is 20.8 Å².